The zero-order valence-corrected chi connectivity index (χ0v) is 16.2. The smallest absolute Gasteiger partial charge is 0.302 e. The Bertz CT molecular complexity index is 817. The molecule has 1 aromatic rings. The summed E-state index contributed by atoms with van der Waals surface area (Å²) in [5.74, 6) is 1.26. The van der Waals surface area contributed by atoms with Crippen molar-refractivity contribution in [2.24, 2.45) is 11.3 Å². The third-order valence-corrected chi connectivity index (χ3v) is 6.72. The maximum Gasteiger partial charge on any atom is 0.302 e. The predicted octanol–water partition coefficient (Wildman–Crippen LogP) is 5.09. The molecule has 3 atom stereocenters. The number of esters is 1. The Hall–Kier alpha value is -2.03. The van der Waals surface area contributed by atoms with Gasteiger partial charge in [0, 0.05) is 18.8 Å². The van der Waals surface area contributed by atoms with Crippen LogP contribution in [0.1, 0.15) is 57.6 Å². The molecule has 3 aliphatic rings. The summed E-state index contributed by atoms with van der Waals surface area (Å²) in [6.07, 6.45) is 7.39. The Labute approximate surface area is 156 Å². The molecule has 3 heteroatoms. The number of ether oxygens (including phenoxy) is 2. The van der Waals surface area contributed by atoms with E-state index in [2.05, 4.69) is 38.1 Å². The number of allylic oxidation sites excluding steroid dienone is 2. The van der Waals surface area contributed by atoms with Crippen LogP contribution in [-0.2, 0) is 16.0 Å². The fraction of sp³-hybridized carbons (Fsp3) is 0.522. The monoisotopic (exact) mass is 352 g/mol. The van der Waals surface area contributed by atoms with E-state index in [1.807, 2.05) is 0 Å². The first-order chi connectivity index (χ1) is 12.5. The number of hydrogen-bond acceptors (Lipinski definition) is 3. The predicted molar refractivity (Wildman–Crippen MR) is 103 cm³/mol. The molecule has 0 aromatic heterocycles. The van der Waals surface area contributed by atoms with E-state index in [1.54, 1.807) is 7.11 Å². The topological polar surface area (TPSA) is 35.5 Å². The highest BCUT2D eigenvalue weighted by atomic mass is 16.5. The second-order valence-electron chi connectivity index (χ2n) is 7.98. The Kier molecular flexibility index (Phi) is 4.21. The lowest BCUT2D eigenvalue weighted by Gasteiger charge is -2.45. The van der Waals surface area contributed by atoms with Crippen molar-refractivity contribution in [3.8, 4) is 5.75 Å². The van der Waals surface area contributed by atoms with Gasteiger partial charge in [-0.1, -0.05) is 26.0 Å². The van der Waals surface area contributed by atoms with Crippen LogP contribution in [0.4, 0.5) is 0 Å². The lowest BCUT2D eigenvalue weighted by Crippen LogP contribution is -2.39. The van der Waals surface area contributed by atoms with E-state index in [0.717, 1.165) is 37.9 Å². The Morgan fingerprint density at radius 2 is 2.15 bits per heavy atom. The minimum Gasteiger partial charge on any atom is -0.497 e. The molecule has 3 nitrogen and oxygen atoms in total. The molecule has 0 saturated heterocycles. The van der Waals surface area contributed by atoms with E-state index in [9.17, 15) is 4.79 Å². The molecule has 4 rings (SSSR count). The average Bonchev–Trinajstić information content (AvgIpc) is 2.99. The SMILES string of the molecule is CC[C@]12CCC3=C(C1=CC[C@@H]2OC(C)=O)[C@@H](C)Cc1cc(OC)ccc13. The molecule has 138 valence electrons. The standard InChI is InChI=1S/C23H28O3/c1-5-23-11-10-19-18-7-6-17(25-4)13-16(18)12-14(2)22(19)20(23)8-9-21(23)26-15(3)24/h6-8,13-14,21H,5,9-12H2,1-4H3/t14-,21-,23-/m0/s1. The quantitative estimate of drug-likeness (QED) is 0.711. The molecule has 0 amide bonds. The van der Waals surface area contributed by atoms with Gasteiger partial charge >= 0.3 is 5.97 Å². The molecule has 0 unspecified atom stereocenters. The first-order valence-corrected chi connectivity index (χ1v) is 9.78. The molecular formula is C23H28O3. The maximum atomic E-state index is 11.6. The number of methoxy groups -OCH3 is 1. The van der Waals surface area contributed by atoms with Crippen LogP contribution in [0, 0.1) is 11.3 Å². The summed E-state index contributed by atoms with van der Waals surface area (Å²) >= 11 is 0. The normalized spacial score (nSPS) is 29.5. The number of benzene rings is 1. The van der Waals surface area contributed by atoms with E-state index < -0.39 is 0 Å². The molecular weight excluding hydrogens is 324 g/mol. The lowest BCUT2D eigenvalue weighted by molar-refractivity contribution is -0.151. The van der Waals surface area contributed by atoms with Crippen LogP contribution >= 0.6 is 0 Å². The molecule has 0 spiro atoms. The Morgan fingerprint density at radius 3 is 2.85 bits per heavy atom. The van der Waals surface area contributed by atoms with Gasteiger partial charge in [-0.05, 0) is 71.6 Å². The highest BCUT2D eigenvalue weighted by Gasteiger charge is 2.50. The van der Waals surface area contributed by atoms with Gasteiger partial charge in [0.25, 0.3) is 0 Å². The number of rotatable bonds is 3. The molecule has 3 aliphatic carbocycles. The summed E-state index contributed by atoms with van der Waals surface area (Å²) < 4.78 is 11.2. The highest BCUT2D eigenvalue weighted by Crippen LogP contribution is 2.59. The van der Waals surface area contributed by atoms with Crippen molar-refractivity contribution in [2.45, 2.75) is 59.0 Å². The molecule has 0 radical (unpaired) electrons. The third kappa shape index (κ3) is 2.44. The number of carbonyl (C=O) groups is 1. The van der Waals surface area contributed by atoms with Gasteiger partial charge in [-0.15, -0.1) is 0 Å². The van der Waals surface area contributed by atoms with Crippen molar-refractivity contribution in [3.05, 3.63) is 46.5 Å². The summed E-state index contributed by atoms with van der Waals surface area (Å²) in [7, 11) is 1.73. The van der Waals surface area contributed by atoms with E-state index in [-0.39, 0.29) is 17.5 Å². The third-order valence-electron chi connectivity index (χ3n) is 6.72. The van der Waals surface area contributed by atoms with Crippen LogP contribution in [0.25, 0.3) is 5.57 Å². The summed E-state index contributed by atoms with van der Waals surface area (Å²) in [4.78, 5) is 11.6. The van der Waals surface area contributed by atoms with E-state index >= 15 is 0 Å². The van der Waals surface area contributed by atoms with Crippen LogP contribution in [0.5, 0.6) is 5.75 Å². The van der Waals surface area contributed by atoms with Crippen LogP contribution < -0.4 is 4.74 Å². The summed E-state index contributed by atoms with van der Waals surface area (Å²) in [5.41, 5.74) is 7.27. The van der Waals surface area contributed by atoms with E-state index in [1.165, 1.54) is 34.8 Å². The molecule has 0 bridgehead atoms. The largest absolute Gasteiger partial charge is 0.497 e. The zero-order valence-electron chi connectivity index (χ0n) is 16.2. The van der Waals surface area contributed by atoms with Gasteiger partial charge in [-0.3, -0.25) is 4.79 Å². The second-order valence-corrected chi connectivity index (χ2v) is 7.98. The molecule has 0 saturated carbocycles. The Balaban J connectivity index is 1.80. The minimum absolute atomic E-state index is 0.00138. The Morgan fingerprint density at radius 1 is 1.35 bits per heavy atom. The molecule has 1 aromatic carbocycles. The van der Waals surface area contributed by atoms with Gasteiger partial charge < -0.3 is 9.47 Å². The summed E-state index contributed by atoms with van der Waals surface area (Å²) in [6.45, 7) is 6.11. The van der Waals surface area contributed by atoms with Gasteiger partial charge in [-0.2, -0.15) is 0 Å². The number of hydrogen-bond donors (Lipinski definition) is 0. The molecule has 0 aliphatic heterocycles. The van der Waals surface area contributed by atoms with Crippen molar-refractivity contribution < 1.29 is 14.3 Å². The van der Waals surface area contributed by atoms with Crippen molar-refractivity contribution >= 4 is 11.5 Å². The molecule has 0 fully saturated rings. The van der Waals surface area contributed by atoms with Crippen LogP contribution in [0.3, 0.4) is 0 Å². The average molecular weight is 352 g/mol. The van der Waals surface area contributed by atoms with Crippen molar-refractivity contribution in [1.82, 2.24) is 0 Å². The lowest BCUT2D eigenvalue weighted by atomic mass is 9.61. The van der Waals surface area contributed by atoms with Gasteiger partial charge in [-0.25, -0.2) is 0 Å². The van der Waals surface area contributed by atoms with Gasteiger partial charge in [0.05, 0.1) is 7.11 Å². The van der Waals surface area contributed by atoms with Gasteiger partial charge in [0.15, 0.2) is 0 Å². The number of fused-ring (bicyclic) bond motifs is 4. The van der Waals surface area contributed by atoms with Crippen molar-refractivity contribution in [3.63, 3.8) is 0 Å². The fourth-order valence-corrected chi connectivity index (χ4v) is 5.54. The number of carbonyl (C=O) groups excluding carboxylic acids is 1. The molecule has 26 heavy (non-hydrogen) atoms. The zero-order chi connectivity index (χ0) is 18.5. The maximum absolute atomic E-state index is 11.6. The molecule has 0 N–H and O–H groups in total. The van der Waals surface area contributed by atoms with E-state index in [0.29, 0.717) is 5.92 Å². The molecule has 0 heterocycles. The second kappa shape index (κ2) is 6.29. The van der Waals surface area contributed by atoms with Crippen molar-refractivity contribution in [1.29, 1.82) is 0 Å². The van der Waals surface area contributed by atoms with Crippen LogP contribution in [0.2, 0.25) is 0 Å². The summed E-state index contributed by atoms with van der Waals surface area (Å²) in [5, 5.41) is 0. The van der Waals surface area contributed by atoms with Gasteiger partial charge in [0.1, 0.15) is 11.9 Å². The van der Waals surface area contributed by atoms with Gasteiger partial charge in [0.2, 0.25) is 0 Å². The highest BCUT2D eigenvalue weighted by molar-refractivity contribution is 5.80. The van der Waals surface area contributed by atoms with E-state index in [4.69, 9.17) is 9.47 Å². The first kappa shape index (κ1) is 17.4. The minimum atomic E-state index is -0.161. The summed E-state index contributed by atoms with van der Waals surface area (Å²) in [6, 6.07) is 6.50. The van der Waals surface area contributed by atoms with Crippen LogP contribution in [-0.4, -0.2) is 19.2 Å². The fourth-order valence-electron chi connectivity index (χ4n) is 5.54. The van der Waals surface area contributed by atoms with Crippen LogP contribution in [0.15, 0.2) is 35.4 Å². The van der Waals surface area contributed by atoms with Crippen molar-refractivity contribution in [2.75, 3.05) is 7.11 Å². The first-order valence-electron chi connectivity index (χ1n) is 9.78.